The van der Waals surface area contributed by atoms with E-state index in [9.17, 15) is 19.8 Å². The minimum Gasteiger partial charge on any atom is -0.466 e. The second-order valence-corrected chi connectivity index (χ2v) is 16.1. The predicted octanol–water partition coefficient (Wildman–Crippen LogP) is 13.9. The molecule has 0 heterocycles. The summed E-state index contributed by atoms with van der Waals surface area (Å²) in [4.78, 5) is 24.4. The van der Waals surface area contributed by atoms with Gasteiger partial charge in [-0.25, -0.2) is 0 Å². The van der Waals surface area contributed by atoms with Gasteiger partial charge in [-0.15, -0.1) is 0 Å². The van der Waals surface area contributed by atoms with Gasteiger partial charge in [0.15, 0.2) is 0 Å². The molecule has 0 radical (unpaired) electrons. The third-order valence-corrected chi connectivity index (χ3v) is 10.5. The van der Waals surface area contributed by atoms with E-state index in [-0.39, 0.29) is 18.5 Å². The Balaban J connectivity index is 3.61. The maximum absolute atomic E-state index is 12.4. The van der Waals surface area contributed by atoms with Crippen molar-refractivity contribution in [1.29, 1.82) is 0 Å². The molecule has 0 bridgehead atoms. The van der Waals surface area contributed by atoms with E-state index in [0.29, 0.717) is 19.4 Å². The summed E-state index contributed by atoms with van der Waals surface area (Å²) in [5.74, 6) is -0.161. The van der Waals surface area contributed by atoms with Crippen molar-refractivity contribution in [1.82, 2.24) is 5.32 Å². The van der Waals surface area contributed by atoms with Crippen molar-refractivity contribution in [2.24, 2.45) is 0 Å². The molecule has 0 aliphatic heterocycles. The standard InChI is InChI=1S/C50H91NO5/c1-3-5-7-9-11-13-15-17-18-19-21-22-26-30-34-38-42-48(53)47(46-52)51-49(54)43-39-35-31-27-24-25-29-33-37-41-45-56-50(55)44-40-36-32-28-23-20-16-14-12-10-8-6-4-2/h8,10,14,16,25,29,38,42,47-48,52-53H,3-7,9,11-13,15,17-24,26-28,30-37,39-41,43-46H2,1-2H3,(H,51,54)/b10-8-,16-14-,29-25-,42-38+. The number of aliphatic hydroxyl groups is 2. The number of rotatable bonds is 43. The van der Waals surface area contributed by atoms with Gasteiger partial charge >= 0.3 is 5.97 Å². The first-order valence-electron chi connectivity index (χ1n) is 23.9. The lowest BCUT2D eigenvalue weighted by Crippen LogP contribution is -2.45. The fourth-order valence-electron chi connectivity index (χ4n) is 6.84. The van der Waals surface area contributed by atoms with Gasteiger partial charge in [0.2, 0.25) is 5.91 Å². The Hall–Kier alpha value is -2.18. The number of hydrogen-bond donors (Lipinski definition) is 3. The van der Waals surface area contributed by atoms with Crippen LogP contribution < -0.4 is 5.32 Å². The van der Waals surface area contributed by atoms with E-state index < -0.39 is 12.1 Å². The summed E-state index contributed by atoms with van der Waals surface area (Å²) in [5, 5.41) is 23.0. The van der Waals surface area contributed by atoms with Crippen LogP contribution in [0.2, 0.25) is 0 Å². The van der Waals surface area contributed by atoms with Crippen molar-refractivity contribution in [3.05, 3.63) is 48.6 Å². The first kappa shape index (κ1) is 53.8. The summed E-state index contributed by atoms with van der Waals surface area (Å²) in [7, 11) is 0. The minimum absolute atomic E-state index is 0.0548. The van der Waals surface area contributed by atoms with Crippen LogP contribution >= 0.6 is 0 Å². The Kier molecular flexibility index (Phi) is 43.7. The van der Waals surface area contributed by atoms with Gasteiger partial charge in [0.05, 0.1) is 25.4 Å². The lowest BCUT2D eigenvalue weighted by Gasteiger charge is -2.20. The second kappa shape index (κ2) is 45.5. The zero-order valence-corrected chi connectivity index (χ0v) is 36.8. The molecule has 6 nitrogen and oxygen atoms in total. The molecular weight excluding hydrogens is 695 g/mol. The Morgan fingerprint density at radius 1 is 0.500 bits per heavy atom. The molecule has 0 fully saturated rings. The fraction of sp³-hybridized carbons (Fsp3) is 0.800. The average molecular weight is 786 g/mol. The van der Waals surface area contributed by atoms with E-state index in [0.717, 1.165) is 89.9 Å². The molecule has 0 spiro atoms. The number of nitrogens with one attached hydrogen (secondary N) is 1. The maximum atomic E-state index is 12.4. The SMILES string of the molecule is CCC/C=C\C/C=C\CCCCCCCC(=O)OCCCC/C=C\CCCCCCC(=O)NC(CO)C(O)/C=C/CCCCCCCCCCCCCCCC. The Morgan fingerprint density at radius 3 is 1.45 bits per heavy atom. The van der Waals surface area contributed by atoms with Gasteiger partial charge in [0, 0.05) is 12.8 Å². The van der Waals surface area contributed by atoms with E-state index in [2.05, 4.69) is 55.6 Å². The summed E-state index contributed by atoms with van der Waals surface area (Å²) in [6, 6.07) is -0.654. The van der Waals surface area contributed by atoms with Crippen molar-refractivity contribution in [3.8, 4) is 0 Å². The highest BCUT2D eigenvalue weighted by Gasteiger charge is 2.18. The monoisotopic (exact) mass is 786 g/mol. The molecule has 6 heteroatoms. The number of allylic oxidation sites excluding steroid dienone is 7. The number of amides is 1. The van der Waals surface area contributed by atoms with Gasteiger partial charge in [-0.3, -0.25) is 9.59 Å². The van der Waals surface area contributed by atoms with Crippen molar-refractivity contribution in [2.75, 3.05) is 13.2 Å². The van der Waals surface area contributed by atoms with Gasteiger partial charge in [0.1, 0.15) is 0 Å². The van der Waals surface area contributed by atoms with Crippen molar-refractivity contribution >= 4 is 11.9 Å². The molecule has 2 unspecified atom stereocenters. The number of esters is 1. The number of carbonyl (C=O) groups excluding carboxylic acids is 2. The minimum atomic E-state index is -0.867. The highest BCUT2D eigenvalue weighted by atomic mass is 16.5. The number of hydrogen-bond acceptors (Lipinski definition) is 5. The van der Waals surface area contributed by atoms with Crippen molar-refractivity contribution < 1.29 is 24.5 Å². The second-order valence-electron chi connectivity index (χ2n) is 16.1. The quantitative estimate of drug-likeness (QED) is 0.0325. The normalized spacial score (nSPS) is 13.1. The van der Waals surface area contributed by atoms with E-state index in [4.69, 9.17) is 4.74 Å². The maximum Gasteiger partial charge on any atom is 0.305 e. The molecule has 56 heavy (non-hydrogen) atoms. The van der Waals surface area contributed by atoms with Crippen LogP contribution in [0.4, 0.5) is 0 Å². The topological polar surface area (TPSA) is 95.9 Å². The lowest BCUT2D eigenvalue weighted by atomic mass is 10.0. The van der Waals surface area contributed by atoms with Gasteiger partial charge < -0.3 is 20.3 Å². The molecule has 0 saturated carbocycles. The van der Waals surface area contributed by atoms with Gasteiger partial charge in [-0.2, -0.15) is 0 Å². The largest absolute Gasteiger partial charge is 0.466 e. The van der Waals surface area contributed by atoms with Crippen LogP contribution in [0, 0.1) is 0 Å². The fourth-order valence-corrected chi connectivity index (χ4v) is 6.84. The average Bonchev–Trinajstić information content (AvgIpc) is 3.20. The predicted molar refractivity (Wildman–Crippen MR) is 241 cm³/mol. The molecule has 0 aliphatic carbocycles. The van der Waals surface area contributed by atoms with Crippen LogP contribution in [0.3, 0.4) is 0 Å². The van der Waals surface area contributed by atoms with Crippen molar-refractivity contribution in [2.45, 2.75) is 244 Å². The zero-order chi connectivity index (χ0) is 40.8. The Labute approximate surface area is 346 Å². The van der Waals surface area contributed by atoms with Crippen LogP contribution in [0.5, 0.6) is 0 Å². The molecule has 0 aromatic rings. The smallest absolute Gasteiger partial charge is 0.305 e. The highest BCUT2D eigenvalue weighted by Crippen LogP contribution is 2.14. The van der Waals surface area contributed by atoms with E-state index in [1.807, 2.05) is 6.08 Å². The summed E-state index contributed by atoms with van der Waals surface area (Å²) in [6.45, 7) is 4.73. The van der Waals surface area contributed by atoms with Gasteiger partial charge in [-0.1, -0.05) is 184 Å². The van der Waals surface area contributed by atoms with Crippen LogP contribution in [0.1, 0.15) is 232 Å². The van der Waals surface area contributed by atoms with Crippen LogP contribution in [-0.4, -0.2) is 47.4 Å². The first-order valence-corrected chi connectivity index (χ1v) is 23.9. The number of ether oxygens (including phenoxy) is 1. The number of aliphatic hydroxyl groups excluding tert-OH is 2. The molecule has 0 aromatic heterocycles. The highest BCUT2D eigenvalue weighted by molar-refractivity contribution is 5.76. The Bertz CT molecular complexity index is 957. The molecule has 0 rings (SSSR count). The molecule has 1 amide bonds. The first-order chi connectivity index (χ1) is 27.5. The third-order valence-electron chi connectivity index (χ3n) is 10.5. The lowest BCUT2D eigenvalue weighted by molar-refractivity contribution is -0.143. The van der Waals surface area contributed by atoms with E-state index in [1.54, 1.807) is 6.08 Å². The van der Waals surface area contributed by atoms with E-state index in [1.165, 1.54) is 116 Å². The van der Waals surface area contributed by atoms with E-state index >= 15 is 0 Å². The molecule has 0 aliphatic rings. The van der Waals surface area contributed by atoms with Crippen LogP contribution in [-0.2, 0) is 14.3 Å². The number of unbranched alkanes of at least 4 members (excludes halogenated alkanes) is 26. The Morgan fingerprint density at radius 2 is 0.929 bits per heavy atom. The van der Waals surface area contributed by atoms with Gasteiger partial charge in [0.25, 0.3) is 0 Å². The molecule has 3 N–H and O–H groups in total. The summed E-state index contributed by atoms with van der Waals surface area (Å²) < 4.78 is 5.41. The van der Waals surface area contributed by atoms with Crippen LogP contribution in [0.25, 0.3) is 0 Å². The third kappa shape index (κ3) is 41.5. The molecule has 0 aromatic carbocycles. The molecule has 0 saturated heterocycles. The van der Waals surface area contributed by atoms with Crippen LogP contribution in [0.15, 0.2) is 48.6 Å². The molecular formula is C50H91NO5. The zero-order valence-electron chi connectivity index (χ0n) is 36.8. The molecule has 326 valence electrons. The summed E-state index contributed by atoms with van der Waals surface area (Å²) in [5.41, 5.74) is 0. The van der Waals surface area contributed by atoms with Gasteiger partial charge in [-0.05, 0) is 83.5 Å². The summed E-state index contributed by atoms with van der Waals surface area (Å²) >= 11 is 0. The van der Waals surface area contributed by atoms with Crippen molar-refractivity contribution in [3.63, 3.8) is 0 Å². The summed E-state index contributed by atoms with van der Waals surface area (Å²) in [6.07, 6.45) is 55.3. The molecule has 2 atom stereocenters. The number of carbonyl (C=O) groups is 2.